The summed E-state index contributed by atoms with van der Waals surface area (Å²) in [7, 11) is 1.91. The molecule has 5 rings (SSSR count). The van der Waals surface area contributed by atoms with Crippen molar-refractivity contribution in [3.05, 3.63) is 81.1 Å². The minimum atomic E-state index is -1.36. The van der Waals surface area contributed by atoms with Crippen LogP contribution in [0.4, 0.5) is 4.79 Å². The number of rotatable bonds is 9. The first-order chi connectivity index (χ1) is 22.4. The second-order valence-corrected chi connectivity index (χ2v) is 14.1. The molecule has 0 bridgehead atoms. The van der Waals surface area contributed by atoms with Crippen molar-refractivity contribution in [1.29, 1.82) is 0 Å². The number of amides is 1. The summed E-state index contributed by atoms with van der Waals surface area (Å²) < 4.78 is 7.54. The summed E-state index contributed by atoms with van der Waals surface area (Å²) >= 11 is 13.3. The number of carbonyl (C=O) groups excluding carboxylic acids is 1. The van der Waals surface area contributed by atoms with Crippen molar-refractivity contribution in [2.45, 2.75) is 97.3 Å². The van der Waals surface area contributed by atoms with Gasteiger partial charge in [0.15, 0.2) is 0 Å². The molecule has 1 amide bonds. The smallest absolute Gasteiger partial charge is 0.410 e. The normalized spacial score (nSPS) is 17.8. The first kappa shape index (κ1) is 36.9. The predicted molar refractivity (Wildman–Crippen MR) is 192 cm³/mol. The molecule has 1 aliphatic carbocycles. The molecule has 0 saturated carbocycles. The molecule has 3 heterocycles. The van der Waals surface area contributed by atoms with Gasteiger partial charge in [0, 0.05) is 50.0 Å². The summed E-state index contributed by atoms with van der Waals surface area (Å²) in [6.07, 6.45) is 12.7. The van der Waals surface area contributed by atoms with Crippen LogP contribution in [0.1, 0.15) is 114 Å². The lowest BCUT2D eigenvalue weighted by atomic mass is 9.80. The second-order valence-electron chi connectivity index (χ2n) is 13.2. The number of benzene rings is 1. The van der Waals surface area contributed by atoms with Crippen LogP contribution >= 0.6 is 23.2 Å². The van der Waals surface area contributed by atoms with Crippen LogP contribution in [0.25, 0.3) is 11.6 Å². The molecule has 10 heteroatoms. The fraction of sp³-hybridized carbons (Fsp3) is 0.541. The average molecular weight is 685 g/mol. The molecule has 47 heavy (non-hydrogen) atoms. The number of ether oxygens (including phenoxy) is 1. The highest BCUT2D eigenvalue weighted by Gasteiger charge is 2.42. The molecule has 0 unspecified atom stereocenters. The molecule has 256 valence electrons. The number of aryl methyl sites for hydroxylation is 1. The molecule has 0 spiro atoms. The number of fused-ring (bicyclic) bond motifs is 2. The maximum absolute atomic E-state index is 12.9. The van der Waals surface area contributed by atoms with E-state index in [1.807, 2.05) is 64.4 Å². The Kier molecular flexibility index (Phi) is 12.6. The highest BCUT2D eigenvalue weighted by molar-refractivity contribution is 6.31. The molecule has 1 aliphatic heterocycles. The number of imidazole rings is 1. The van der Waals surface area contributed by atoms with E-state index in [1.165, 1.54) is 6.42 Å². The van der Waals surface area contributed by atoms with Gasteiger partial charge < -0.3 is 19.3 Å². The van der Waals surface area contributed by atoms with Gasteiger partial charge in [0.2, 0.25) is 0 Å². The molecule has 0 radical (unpaired) electrons. The lowest BCUT2D eigenvalue weighted by molar-refractivity contribution is 0.0117. The molecule has 1 aromatic carbocycles. The Balaban J connectivity index is 0.00000245. The Morgan fingerprint density at radius 1 is 1.00 bits per heavy atom. The Morgan fingerprint density at radius 3 is 2.34 bits per heavy atom. The van der Waals surface area contributed by atoms with Crippen molar-refractivity contribution < 1.29 is 14.6 Å². The van der Waals surface area contributed by atoms with Gasteiger partial charge >= 0.3 is 6.09 Å². The highest BCUT2D eigenvalue weighted by atomic mass is 35.5. The molecular formula is C37H51Cl2N5O3. The lowest BCUT2D eigenvalue weighted by Crippen LogP contribution is -2.51. The van der Waals surface area contributed by atoms with Gasteiger partial charge in [0.25, 0.3) is 0 Å². The van der Waals surface area contributed by atoms with Gasteiger partial charge in [-0.2, -0.15) is 0 Å². The summed E-state index contributed by atoms with van der Waals surface area (Å²) in [5.74, 6) is 0. The summed E-state index contributed by atoms with van der Waals surface area (Å²) in [6, 6.07) is 7.58. The number of pyridine rings is 1. The first-order valence-corrected chi connectivity index (χ1v) is 17.8. The van der Waals surface area contributed by atoms with Crippen molar-refractivity contribution >= 4 is 40.9 Å². The third-order valence-electron chi connectivity index (χ3n) is 8.74. The minimum Gasteiger partial charge on any atom is -0.444 e. The third-order valence-corrected chi connectivity index (χ3v) is 9.18. The largest absolute Gasteiger partial charge is 0.444 e. The SMILES string of the molecule is CC.CCCCCCC[C@](O)(C1=Cc2cc(Cl)ccc2[C@@H](N2CCN(C(=O)OC(C)(C)C)CC2)c2ncc(Cl)cc21)c1cncn1C. The van der Waals surface area contributed by atoms with E-state index in [-0.39, 0.29) is 12.1 Å². The quantitative estimate of drug-likeness (QED) is 0.227. The molecule has 2 atom stereocenters. The fourth-order valence-electron chi connectivity index (χ4n) is 6.53. The van der Waals surface area contributed by atoms with E-state index in [2.05, 4.69) is 29.0 Å². The molecule has 2 aromatic heterocycles. The molecular weight excluding hydrogens is 633 g/mol. The number of aromatic nitrogens is 3. The molecule has 2 aliphatic rings. The molecule has 8 nitrogen and oxygen atoms in total. The van der Waals surface area contributed by atoms with E-state index in [1.54, 1.807) is 23.6 Å². The maximum Gasteiger partial charge on any atom is 0.410 e. The van der Waals surface area contributed by atoms with Gasteiger partial charge in [-0.1, -0.05) is 75.7 Å². The zero-order chi connectivity index (χ0) is 34.4. The molecule has 1 fully saturated rings. The minimum absolute atomic E-state index is 0.251. The number of piperazine rings is 1. The Hall–Kier alpha value is -2.91. The zero-order valence-corrected chi connectivity index (χ0v) is 30.5. The van der Waals surface area contributed by atoms with Gasteiger partial charge in [-0.05, 0) is 74.6 Å². The summed E-state index contributed by atoms with van der Waals surface area (Å²) in [5, 5.41) is 14.0. The Bertz CT molecular complexity index is 1540. The van der Waals surface area contributed by atoms with Crippen molar-refractivity contribution in [2.75, 3.05) is 26.2 Å². The first-order valence-electron chi connectivity index (χ1n) is 17.0. The highest BCUT2D eigenvalue weighted by Crippen LogP contribution is 2.48. The predicted octanol–water partition coefficient (Wildman–Crippen LogP) is 8.89. The van der Waals surface area contributed by atoms with Crippen LogP contribution in [0.15, 0.2) is 43.0 Å². The number of nitrogens with zero attached hydrogens (tertiary/aromatic N) is 5. The van der Waals surface area contributed by atoms with Crippen molar-refractivity contribution in [2.24, 2.45) is 7.05 Å². The number of halogens is 2. The van der Waals surface area contributed by atoms with Gasteiger partial charge in [0.1, 0.15) is 11.2 Å². The van der Waals surface area contributed by atoms with E-state index < -0.39 is 11.2 Å². The third kappa shape index (κ3) is 8.58. The van der Waals surface area contributed by atoms with E-state index >= 15 is 0 Å². The van der Waals surface area contributed by atoms with E-state index in [0.29, 0.717) is 48.3 Å². The Labute approximate surface area is 290 Å². The average Bonchev–Trinajstić information content (AvgIpc) is 3.42. The zero-order valence-electron chi connectivity index (χ0n) is 29.0. The maximum atomic E-state index is 12.9. The van der Waals surface area contributed by atoms with Crippen LogP contribution in [0.5, 0.6) is 0 Å². The summed E-state index contributed by atoms with van der Waals surface area (Å²) in [4.78, 5) is 26.3. The van der Waals surface area contributed by atoms with Crippen molar-refractivity contribution in [1.82, 2.24) is 24.3 Å². The monoisotopic (exact) mass is 683 g/mol. The van der Waals surface area contributed by atoms with Crippen LogP contribution in [0.3, 0.4) is 0 Å². The number of unbranched alkanes of at least 4 members (excludes halogenated alkanes) is 4. The van der Waals surface area contributed by atoms with Crippen molar-refractivity contribution in [3.8, 4) is 0 Å². The summed E-state index contributed by atoms with van der Waals surface area (Å²) in [6.45, 7) is 14.1. The van der Waals surface area contributed by atoms with E-state index in [9.17, 15) is 9.90 Å². The number of hydrogen-bond donors (Lipinski definition) is 1. The van der Waals surface area contributed by atoms with Crippen LogP contribution < -0.4 is 0 Å². The van der Waals surface area contributed by atoms with Crippen LogP contribution in [0.2, 0.25) is 10.0 Å². The van der Waals surface area contributed by atoms with Crippen LogP contribution in [-0.4, -0.2) is 67.3 Å². The van der Waals surface area contributed by atoms with Crippen molar-refractivity contribution in [3.63, 3.8) is 0 Å². The Morgan fingerprint density at radius 2 is 1.70 bits per heavy atom. The number of aliphatic hydroxyl groups is 1. The molecule has 3 aromatic rings. The van der Waals surface area contributed by atoms with Gasteiger partial charge in [-0.15, -0.1) is 0 Å². The van der Waals surface area contributed by atoms with Gasteiger partial charge in [-0.3, -0.25) is 9.88 Å². The number of hydrogen-bond acceptors (Lipinski definition) is 6. The molecule has 1 N–H and O–H groups in total. The van der Waals surface area contributed by atoms with Crippen LogP contribution in [-0.2, 0) is 17.4 Å². The van der Waals surface area contributed by atoms with Crippen LogP contribution in [0, 0.1) is 0 Å². The topological polar surface area (TPSA) is 83.7 Å². The lowest BCUT2D eigenvalue weighted by Gasteiger charge is -2.40. The second kappa shape index (κ2) is 16.0. The molecule has 1 saturated heterocycles. The van der Waals surface area contributed by atoms with Gasteiger partial charge in [-0.25, -0.2) is 9.78 Å². The summed E-state index contributed by atoms with van der Waals surface area (Å²) in [5.41, 5.74) is 3.08. The van der Waals surface area contributed by atoms with E-state index in [0.717, 1.165) is 53.6 Å². The van der Waals surface area contributed by atoms with Gasteiger partial charge in [0.05, 0.1) is 35.0 Å². The fourth-order valence-corrected chi connectivity index (χ4v) is 6.86. The standard InChI is InChI=1S/C35H45Cl2N5O3.C2H6/c1-6-7-8-9-10-13-35(44,30-22-38-23-40(30)5)29-19-24-18-25(36)11-12-27(24)32(31-28(29)20-26(37)21-39-31)41-14-16-42(17-15-41)33(43)45-34(2,3)4;1-2/h11-12,18-23,32,44H,6-10,13-17H2,1-5H3;1-2H3/t32-,35+;/m1./s1. The van der Waals surface area contributed by atoms with E-state index in [4.69, 9.17) is 32.9 Å². The number of carbonyl (C=O) groups is 1.